The Balaban J connectivity index is 1.85. The van der Waals surface area contributed by atoms with Gasteiger partial charge in [0.25, 0.3) is 0 Å². The minimum absolute atomic E-state index is 0.745. The number of aromatic nitrogens is 1. The summed E-state index contributed by atoms with van der Waals surface area (Å²) < 4.78 is 5.07. The minimum Gasteiger partial charge on any atom is -0.307 e. The van der Waals surface area contributed by atoms with Gasteiger partial charge in [0.1, 0.15) is 0 Å². The predicted molar refractivity (Wildman–Crippen MR) is 133 cm³/mol. The predicted octanol–water partition coefficient (Wildman–Crippen LogP) is 7.41. The highest BCUT2D eigenvalue weighted by atomic mass is 32.1. The highest BCUT2D eigenvalue weighted by molar-refractivity contribution is 7.37. The molecule has 0 saturated carbocycles. The van der Waals surface area contributed by atoms with E-state index in [0.29, 0.717) is 0 Å². The Labute approximate surface area is 179 Å². The molecule has 4 aromatic carbocycles. The molecule has 0 aliphatic rings. The summed E-state index contributed by atoms with van der Waals surface area (Å²) in [7, 11) is 0. The van der Waals surface area contributed by atoms with Crippen molar-refractivity contribution in [2.24, 2.45) is 5.84 Å². The van der Waals surface area contributed by atoms with Crippen molar-refractivity contribution in [3.8, 4) is 0 Å². The van der Waals surface area contributed by atoms with Gasteiger partial charge in [-0.15, -0.1) is 22.7 Å². The first-order valence-corrected chi connectivity index (χ1v) is 11.4. The molecule has 7 aromatic rings. The number of thiophene rings is 2. The van der Waals surface area contributed by atoms with Crippen LogP contribution in [0.2, 0.25) is 0 Å². The Morgan fingerprint density at radius 1 is 0.633 bits per heavy atom. The molecule has 3 nitrogen and oxygen atoms in total. The number of benzene rings is 4. The van der Waals surface area contributed by atoms with Gasteiger partial charge >= 0.3 is 0 Å². The lowest BCUT2D eigenvalue weighted by atomic mass is 9.96. The number of hydrogen-bond donors (Lipinski definition) is 2. The standard InChI is InChI=1S/C25H15N3S2/c26-28-25-24-21(23-22(30-24)16-7-3-4-8-18(16)29-23)20-17(27-25)12-11-14-10-9-13-5-1-2-6-15(13)19(14)20/h1-12H,26H2,(H,27,28). The van der Waals surface area contributed by atoms with Gasteiger partial charge in [0, 0.05) is 20.9 Å². The van der Waals surface area contributed by atoms with Crippen LogP contribution >= 0.6 is 22.7 Å². The fourth-order valence-electron chi connectivity index (χ4n) is 4.64. The van der Waals surface area contributed by atoms with Gasteiger partial charge in [-0.2, -0.15) is 0 Å². The van der Waals surface area contributed by atoms with Crippen LogP contribution in [-0.2, 0) is 0 Å². The van der Waals surface area contributed by atoms with Gasteiger partial charge in [0.05, 0.1) is 19.6 Å². The van der Waals surface area contributed by atoms with Crippen LogP contribution in [0.5, 0.6) is 0 Å². The molecule has 0 spiro atoms. The van der Waals surface area contributed by atoms with Crippen molar-refractivity contribution in [3.63, 3.8) is 0 Å². The maximum atomic E-state index is 5.91. The second-order valence-corrected chi connectivity index (χ2v) is 9.58. The molecule has 0 atom stereocenters. The lowest BCUT2D eigenvalue weighted by Gasteiger charge is -2.11. The highest BCUT2D eigenvalue weighted by Crippen LogP contribution is 2.49. The fourth-order valence-corrected chi connectivity index (χ4v) is 7.37. The normalized spacial score (nSPS) is 12.2. The quantitative estimate of drug-likeness (QED) is 0.165. The van der Waals surface area contributed by atoms with Gasteiger partial charge in [-0.25, -0.2) is 10.8 Å². The summed E-state index contributed by atoms with van der Waals surface area (Å²) in [6, 6.07) is 25.9. The maximum absolute atomic E-state index is 5.91. The topological polar surface area (TPSA) is 50.9 Å². The second-order valence-electron chi connectivity index (χ2n) is 7.51. The molecule has 0 aliphatic heterocycles. The Morgan fingerprint density at radius 3 is 2.30 bits per heavy atom. The van der Waals surface area contributed by atoms with E-state index in [1.165, 1.54) is 51.8 Å². The largest absolute Gasteiger partial charge is 0.307 e. The molecule has 30 heavy (non-hydrogen) atoms. The summed E-state index contributed by atoms with van der Waals surface area (Å²) in [5.41, 5.74) is 3.82. The van der Waals surface area contributed by atoms with Crippen LogP contribution in [0.25, 0.3) is 62.0 Å². The van der Waals surface area contributed by atoms with Gasteiger partial charge in [-0.1, -0.05) is 60.7 Å². The van der Waals surface area contributed by atoms with E-state index in [1.807, 2.05) is 11.3 Å². The van der Waals surface area contributed by atoms with Crippen molar-refractivity contribution in [2.45, 2.75) is 0 Å². The van der Waals surface area contributed by atoms with Crippen LogP contribution in [0.15, 0.2) is 72.8 Å². The number of anilines is 1. The lowest BCUT2D eigenvalue weighted by Crippen LogP contribution is -2.08. The van der Waals surface area contributed by atoms with E-state index < -0.39 is 0 Å². The minimum atomic E-state index is 0.745. The summed E-state index contributed by atoms with van der Waals surface area (Å²) in [5, 5.41) is 8.79. The van der Waals surface area contributed by atoms with Crippen molar-refractivity contribution in [1.29, 1.82) is 0 Å². The Kier molecular flexibility index (Phi) is 3.25. The molecular formula is C25H15N3S2. The summed E-state index contributed by atoms with van der Waals surface area (Å²) in [6.45, 7) is 0. The summed E-state index contributed by atoms with van der Waals surface area (Å²) in [4.78, 5) is 4.91. The smallest absolute Gasteiger partial charge is 0.158 e. The van der Waals surface area contributed by atoms with Crippen LogP contribution < -0.4 is 11.3 Å². The first kappa shape index (κ1) is 16.5. The number of nitrogen functional groups attached to an aromatic ring is 1. The first-order valence-electron chi connectivity index (χ1n) is 9.78. The zero-order valence-electron chi connectivity index (χ0n) is 15.8. The van der Waals surface area contributed by atoms with Crippen molar-refractivity contribution in [3.05, 3.63) is 72.8 Å². The molecule has 0 unspecified atom stereocenters. The number of hydrazine groups is 1. The van der Waals surface area contributed by atoms with Crippen molar-refractivity contribution >= 4 is 90.5 Å². The van der Waals surface area contributed by atoms with Gasteiger partial charge < -0.3 is 5.43 Å². The fraction of sp³-hybridized carbons (Fsp3) is 0. The third kappa shape index (κ3) is 2.04. The third-order valence-corrected chi connectivity index (χ3v) is 8.48. The van der Waals surface area contributed by atoms with Crippen LogP contribution in [-0.4, -0.2) is 4.98 Å². The van der Waals surface area contributed by atoms with Crippen LogP contribution in [0, 0.1) is 0 Å². The Bertz CT molecular complexity index is 1790. The highest BCUT2D eigenvalue weighted by Gasteiger charge is 2.20. The van der Waals surface area contributed by atoms with E-state index in [1.54, 1.807) is 11.3 Å². The molecule has 3 aromatic heterocycles. The lowest BCUT2D eigenvalue weighted by molar-refractivity contribution is 1.29. The number of rotatable bonds is 1. The zero-order valence-corrected chi connectivity index (χ0v) is 17.4. The molecule has 3 N–H and O–H groups in total. The second kappa shape index (κ2) is 5.89. The van der Waals surface area contributed by atoms with E-state index in [-0.39, 0.29) is 0 Å². The number of nitrogens with zero attached hydrogens (tertiary/aromatic N) is 1. The summed E-state index contributed by atoms with van der Waals surface area (Å²) >= 11 is 3.64. The average molecular weight is 422 g/mol. The van der Waals surface area contributed by atoms with Gasteiger partial charge in [0.15, 0.2) is 5.82 Å². The van der Waals surface area contributed by atoms with Crippen molar-refractivity contribution < 1.29 is 0 Å². The van der Waals surface area contributed by atoms with E-state index in [2.05, 4.69) is 78.2 Å². The van der Waals surface area contributed by atoms with Gasteiger partial charge in [0.2, 0.25) is 0 Å². The van der Waals surface area contributed by atoms with Crippen LogP contribution in [0.3, 0.4) is 0 Å². The van der Waals surface area contributed by atoms with E-state index >= 15 is 0 Å². The van der Waals surface area contributed by atoms with E-state index in [9.17, 15) is 0 Å². The van der Waals surface area contributed by atoms with E-state index in [4.69, 9.17) is 10.8 Å². The molecule has 3 heterocycles. The zero-order chi connectivity index (χ0) is 19.8. The third-order valence-electron chi connectivity index (χ3n) is 5.93. The monoisotopic (exact) mass is 421 g/mol. The molecule has 0 fully saturated rings. The SMILES string of the molecule is NNc1nc2ccc3ccc4ccccc4c3c2c2c1sc1c3ccccc3sc12. The maximum Gasteiger partial charge on any atom is 0.158 e. The molecule has 0 amide bonds. The summed E-state index contributed by atoms with van der Waals surface area (Å²) in [6.07, 6.45) is 0. The molecule has 0 bridgehead atoms. The number of hydrogen-bond acceptors (Lipinski definition) is 5. The number of nitrogens with two attached hydrogens (primary N) is 1. The van der Waals surface area contributed by atoms with Crippen molar-refractivity contribution in [2.75, 3.05) is 5.43 Å². The molecule has 7 rings (SSSR count). The molecule has 5 heteroatoms. The summed E-state index contributed by atoms with van der Waals surface area (Å²) in [5.74, 6) is 6.66. The number of pyridine rings is 1. The molecule has 0 aliphatic carbocycles. The van der Waals surface area contributed by atoms with Gasteiger partial charge in [-0.3, -0.25) is 0 Å². The molecule has 0 radical (unpaired) electrons. The van der Waals surface area contributed by atoms with E-state index in [0.717, 1.165) is 16.0 Å². The Morgan fingerprint density at radius 2 is 1.40 bits per heavy atom. The molecule has 142 valence electrons. The number of fused-ring (bicyclic) bond motifs is 11. The Hall–Kier alpha value is -3.25. The number of nitrogens with one attached hydrogen (secondary N) is 1. The van der Waals surface area contributed by atoms with Gasteiger partial charge in [-0.05, 0) is 33.7 Å². The van der Waals surface area contributed by atoms with Crippen molar-refractivity contribution in [1.82, 2.24) is 4.98 Å². The molecule has 0 saturated heterocycles. The van der Waals surface area contributed by atoms with Crippen LogP contribution in [0.4, 0.5) is 5.82 Å². The first-order chi connectivity index (χ1) is 14.8. The average Bonchev–Trinajstić information content (AvgIpc) is 3.34. The van der Waals surface area contributed by atoms with Crippen LogP contribution in [0.1, 0.15) is 0 Å². The molecular weight excluding hydrogens is 406 g/mol.